The molecule has 1 fully saturated rings. The molecule has 132 valence electrons. The monoisotopic (exact) mass is 359 g/mol. The molecule has 0 bridgehead atoms. The highest BCUT2D eigenvalue weighted by atomic mass is 35.5. The number of hydrogen-bond donors (Lipinski definition) is 2. The van der Waals surface area contributed by atoms with Crippen LogP contribution in [0.4, 0.5) is 5.69 Å². The summed E-state index contributed by atoms with van der Waals surface area (Å²) in [5.41, 5.74) is 2.38. The van der Waals surface area contributed by atoms with E-state index in [1.54, 1.807) is 12.3 Å². The Balaban J connectivity index is 1.48. The lowest BCUT2D eigenvalue weighted by atomic mass is 10.1. The first kappa shape index (κ1) is 17.7. The fourth-order valence-corrected chi connectivity index (χ4v) is 3.02. The molecule has 0 radical (unpaired) electrons. The molecule has 0 saturated carbocycles. The van der Waals surface area contributed by atoms with Crippen LogP contribution in [0.5, 0.6) is 0 Å². The summed E-state index contributed by atoms with van der Waals surface area (Å²) in [6.45, 7) is 2.12. The summed E-state index contributed by atoms with van der Waals surface area (Å²) in [6.07, 6.45) is 4.81. The number of rotatable bonds is 7. The van der Waals surface area contributed by atoms with E-state index in [9.17, 15) is 4.79 Å². The minimum Gasteiger partial charge on any atom is -0.382 e. The lowest BCUT2D eigenvalue weighted by Crippen LogP contribution is -2.26. The summed E-state index contributed by atoms with van der Waals surface area (Å²) in [6, 6.07) is 11.3. The van der Waals surface area contributed by atoms with E-state index < -0.39 is 0 Å². The molecule has 1 aliphatic heterocycles. The molecule has 1 amide bonds. The Morgan fingerprint density at radius 2 is 2.24 bits per heavy atom. The van der Waals surface area contributed by atoms with Crippen LogP contribution in [0.25, 0.3) is 0 Å². The van der Waals surface area contributed by atoms with Gasteiger partial charge in [0.1, 0.15) is 5.69 Å². The molecule has 6 heteroatoms. The maximum Gasteiger partial charge on any atom is 0.269 e. The summed E-state index contributed by atoms with van der Waals surface area (Å²) in [7, 11) is 0. The lowest BCUT2D eigenvalue weighted by molar-refractivity contribution is 0.0949. The van der Waals surface area contributed by atoms with E-state index in [0.29, 0.717) is 17.3 Å². The van der Waals surface area contributed by atoms with Gasteiger partial charge in [-0.25, -0.2) is 0 Å². The molecule has 1 aromatic heterocycles. The maximum absolute atomic E-state index is 12.3. The zero-order valence-corrected chi connectivity index (χ0v) is 14.8. The number of halogens is 1. The van der Waals surface area contributed by atoms with Gasteiger partial charge in [-0.2, -0.15) is 0 Å². The predicted octanol–water partition coefficient (Wildman–Crippen LogP) is 3.30. The Hall–Kier alpha value is -2.11. The summed E-state index contributed by atoms with van der Waals surface area (Å²) < 4.78 is 5.59. The van der Waals surface area contributed by atoms with Crippen molar-refractivity contribution in [3.8, 4) is 0 Å². The van der Waals surface area contributed by atoms with Crippen LogP contribution in [-0.2, 0) is 11.2 Å². The van der Waals surface area contributed by atoms with E-state index in [1.165, 1.54) is 0 Å². The second-order valence-corrected chi connectivity index (χ2v) is 6.52. The SMILES string of the molecule is O=C(NCCc1cccc(Cl)c1)c1cc(NCC2CCCO2)ccn1. The third kappa shape index (κ3) is 5.44. The van der Waals surface area contributed by atoms with Crippen LogP contribution in [0.2, 0.25) is 5.02 Å². The fraction of sp³-hybridized carbons (Fsp3) is 0.368. The molecule has 2 aromatic rings. The lowest BCUT2D eigenvalue weighted by Gasteiger charge is -2.12. The first-order valence-electron chi connectivity index (χ1n) is 8.55. The van der Waals surface area contributed by atoms with Crippen molar-refractivity contribution in [1.29, 1.82) is 0 Å². The number of benzene rings is 1. The Morgan fingerprint density at radius 3 is 3.04 bits per heavy atom. The molecule has 1 aromatic carbocycles. The normalized spacial score (nSPS) is 16.6. The molecule has 1 aliphatic rings. The van der Waals surface area contributed by atoms with Gasteiger partial charge in [0, 0.05) is 36.6 Å². The van der Waals surface area contributed by atoms with Crippen molar-refractivity contribution in [3.05, 3.63) is 58.9 Å². The van der Waals surface area contributed by atoms with Gasteiger partial charge in [0.05, 0.1) is 6.10 Å². The van der Waals surface area contributed by atoms with Gasteiger partial charge >= 0.3 is 0 Å². The molecule has 0 aliphatic carbocycles. The standard InChI is InChI=1S/C19H22ClN3O2/c20-15-4-1-3-14(11-15)6-8-22-19(24)18-12-16(7-9-21-18)23-13-17-5-2-10-25-17/h1,3-4,7,9,11-12,17H,2,5-6,8,10,13H2,(H,21,23)(H,22,24). The van der Waals surface area contributed by atoms with Gasteiger partial charge in [-0.1, -0.05) is 23.7 Å². The van der Waals surface area contributed by atoms with Gasteiger partial charge in [-0.3, -0.25) is 9.78 Å². The van der Waals surface area contributed by atoms with Gasteiger partial charge in [-0.15, -0.1) is 0 Å². The highest BCUT2D eigenvalue weighted by Gasteiger charge is 2.15. The zero-order valence-electron chi connectivity index (χ0n) is 14.0. The van der Waals surface area contributed by atoms with Gasteiger partial charge in [0.2, 0.25) is 0 Å². The van der Waals surface area contributed by atoms with Crippen LogP contribution < -0.4 is 10.6 Å². The van der Waals surface area contributed by atoms with Gasteiger partial charge in [0.25, 0.3) is 5.91 Å². The van der Waals surface area contributed by atoms with Crippen molar-refractivity contribution >= 4 is 23.2 Å². The minimum atomic E-state index is -0.178. The molecule has 2 N–H and O–H groups in total. The van der Waals surface area contributed by atoms with Crippen LogP contribution in [0.15, 0.2) is 42.6 Å². The van der Waals surface area contributed by atoms with E-state index in [-0.39, 0.29) is 12.0 Å². The Morgan fingerprint density at radius 1 is 1.32 bits per heavy atom. The first-order valence-corrected chi connectivity index (χ1v) is 8.93. The summed E-state index contributed by atoms with van der Waals surface area (Å²) >= 11 is 5.96. The Bertz CT molecular complexity index is 717. The smallest absolute Gasteiger partial charge is 0.269 e. The third-order valence-electron chi connectivity index (χ3n) is 4.14. The maximum atomic E-state index is 12.3. The number of nitrogens with one attached hydrogen (secondary N) is 2. The number of nitrogens with zero attached hydrogens (tertiary/aromatic N) is 1. The van der Waals surface area contributed by atoms with E-state index in [0.717, 1.165) is 43.7 Å². The van der Waals surface area contributed by atoms with Crippen molar-refractivity contribution in [2.45, 2.75) is 25.4 Å². The summed E-state index contributed by atoms with van der Waals surface area (Å²) in [4.78, 5) is 16.4. The third-order valence-corrected chi connectivity index (χ3v) is 4.37. The molecule has 1 unspecified atom stereocenters. The second-order valence-electron chi connectivity index (χ2n) is 6.08. The molecular weight excluding hydrogens is 338 g/mol. The molecule has 0 spiro atoms. The molecule has 5 nitrogen and oxygen atoms in total. The molecule has 25 heavy (non-hydrogen) atoms. The zero-order chi connectivity index (χ0) is 17.5. The van der Waals surface area contributed by atoms with Crippen LogP contribution in [-0.4, -0.2) is 36.7 Å². The predicted molar refractivity (Wildman–Crippen MR) is 99.2 cm³/mol. The number of ether oxygens (including phenoxy) is 1. The van der Waals surface area contributed by atoms with E-state index in [4.69, 9.17) is 16.3 Å². The van der Waals surface area contributed by atoms with Crippen LogP contribution in [0, 0.1) is 0 Å². The Labute approximate surface area is 152 Å². The number of hydrogen-bond acceptors (Lipinski definition) is 4. The van der Waals surface area contributed by atoms with E-state index >= 15 is 0 Å². The highest BCUT2D eigenvalue weighted by Crippen LogP contribution is 2.14. The molecule has 3 rings (SSSR count). The Kier molecular flexibility index (Phi) is 6.25. The number of aromatic nitrogens is 1. The van der Waals surface area contributed by atoms with Crippen molar-refractivity contribution in [3.63, 3.8) is 0 Å². The second kappa shape index (κ2) is 8.83. The van der Waals surface area contributed by atoms with Crippen LogP contribution >= 0.6 is 11.6 Å². The molecular formula is C19H22ClN3O2. The number of pyridine rings is 1. The highest BCUT2D eigenvalue weighted by molar-refractivity contribution is 6.30. The molecule has 1 saturated heterocycles. The number of carbonyl (C=O) groups excluding carboxylic acids is 1. The van der Waals surface area contributed by atoms with E-state index in [1.807, 2.05) is 30.3 Å². The van der Waals surface area contributed by atoms with Gasteiger partial charge < -0.3 is 15.4 Å². The minimum absolute atomic E-state index is 0.178. The number of amides is 1. The summed E-state index contributed by atoms with van der Waals surface area (Å²) in [5, 5.41) is 6.91. The largest absolute Gasteiger partial charge is 0.382 e. The molecule has 1 atom stereocenters. The summed E-state index contributed by atoms with van der Waals surface area (Å²) in [5.74, 6) is -0.178. The average Bonchev–Trinajstić information content (AvgIpc) is 3.14. The average molecular weight is 360 g/mol. The van der Waals surface area contributed by atoms with Crippen molar-refractivity contribution in [2.24, 2.45) is 0 Å². The van der Waals surface area contributed by atoms with E-state index in [2.05, 4.69) is 15.6 Å². The van der Waals surface area contributed by atoms with Crippen molar-refractivity contribution in [1.82, 2.24) is 10.3 Å². The number of anilines is 1. The van der Waals surface area contributed by atoms with Crippen molar-refractivity contribution in [2.75, 3.05) is 25.0 Å². The van der Waals surface area contributed by atoms with Crippen LogP contribution in [0.1, 0.15) is 28.9 Å². The number of carbonyl (C=O) groups is 1. The topological polar surface area (TPSA) is 63.2 Å². The molecule has 2 heterocycles. The first-order chi connectivity index (χ1) is 12.2. The van der Waals surface area contributed by atoms with Gasteiger partial charge in [-0.05, 0) is 49.1 Å². The fourth-order valence-electron chi connectivity index (χ4n) is 2.81. The van der Waals surface area contributed by atoms with Gasteiger partial charge in [0.15, 0.2) is 0 Å². The van der Waals surface area contributed by atoms with Crippen molar-refractivity contribution < 1.29 is 9.53 Å². The quantitative estimate of drug-likeness (QED) is 0.796. The van der Waals surface area contributed by atoms with Crippen LogP contribution in [0.3, 0.4) is 0 Å².